The summed E-state index contributed by atoms with van der Waals surface area (Å²) in [5.41, 5.74) is 2.51. The van der Waals surface area contributed by atoms with Crippen molar-refractivity contribution in [1.29, 1.82) is 0 Å². The summed E-state index contributed by atoms with van der Waals surface area (Å²) in [4.78, 5) is 4.36. The molecule has 0 amide bonds. The maximum atomic E-state index is 4.36. The summed E-state index contributed by atoms with van der Waals surface area (Å²) < 4.78 is 1.94. The Hall–Kier alpha value is -2.30. The topological polar surface area (TPSA) is 54.2 Å². The quantitative estimate of drug-likeness (QED) is 0.656. The average Bonchev–Trinajstić information content (AvgIpc) is 3.13. The van der Waals surface area contributed by atoms with Crippen molar-refractivity contribution < 1.29 is 0 Å². The summed E-state index contributed by atoms with van der Waals surface area (Å²) in [5, 5.41) is 11.3. The summed E-state index contributed by atoms with van der Waals surface area (Å²) in [6.45, 7) is 1.58. The fourth-order valence-corrected chi connectivity index (χ4v) is 3.24. The van der Waals surface area contributed by atoms with Crippen molar-refractivity contribution in [2.45, 2.75) is 51.2 Å². The van der Waals surface area contributed by atoms with E-state index >= 15 is 0 Å². The minimum absolute atomic E-state index is 0.566. The van der Waals surface area contributed by atoms with Gasteiger partial charge in [-0.25, -0.2) is 0 Å². The molecule has 5 nitrogen and oxygen atoms in total. The highest BCUT2D eigenvalue weighted by atomic mass is 15.3. The van der Waals surface area contributed by atoms with Crippen LogP contribution < -0.4 is 10.6 Å². The lowest BCUT2D eigenvalue weighted by molar-refractivity contribution is 0.410. The maximum absolute atomic E-state index is 4.36. The van der Waals surface area contributed by atoms with Crippen LogP contribution in [-0.4, -0.2) is 28.8 Å². The van der Waals surface area contributed by atoms with E-state index in [0.29, 0.717) is 6.04 Å². The predicted molar refractivity (Wildman–Crippen MR) is 98.0 cm³/mol. The molecule has 1 saturated carbocycles. The largest absolute Gasteiger partial charge is 0.354 e. The summed E-state index contributed by atoms with van der Waals surface area (Å²) in [6, 6.07) is 11.1. The minimum atomic E-state index is 0.566. The number of aromatic nitrogens is 2. The van der Waals surface area contributed by atoms with Gasteiger partial charge in [-0.15, -0.1) is 0 Å². The van der Waals surface area contributed by atoms with Crippen molar-refractivity contribution in [3.63, 3.8) is 0 Å². The number of nitrogens with zero attached hydrogens (tertiary/aromatic N) is 3. The fourth-order valence-electron chi connectivity index (χ4n) is 3.24. The van der Waals surface area contributed by atoms with Gasteiger partial charge in [-0.1, -0.05) is 43.5 Å². The molecule has 128 valence electrons. The summed E-state index contributed by atoms with van der Waals surface area (Å²) in [6.07, 6.45) is 10.3. The lowest BCUT2D eigenvalue weighted by Crippen LogP contribution is -2.43. The van der Waals surface area contributed by atoms with Crippen molar-refractivity contribution in [2.24, 2.45) is 4.99 Å². The molecule has 0 atom stereocenters. The standard InChI is InChI=1S/C19H27N5/c1-20-19(23-18-9-3-2-4-10-18)21-14-16-7-5-8-17(13-16)15-24-12-6-11-22-24/h5-8,11-13,18H,2-4,9-10,14-15H2,1H3,(H2,20,21,23). The Kier molecular flexibility index (Phi) is 5.88. The van der Waals surface area contributed by atoms with E-state index in [-0.39, 0.29) is 0 Å². The van der Waals surface area contributed by atoms with Gasteiger partial charge in [-0.05, 0) is 30.0 Å². The average molecular weight is 325 g/mol. The van der Waals surface area contributed by atoms with Crippen molar-refractivity contribution >= 4 is 5.96 Å². The van der Waals surface area contributed by atoms with Crippen LogP contribution in [0.4, 0.5) is 0 Å². The van der Waals surface area contributed by atoms with Crippen LogP contribution in [0.15, 0.2) is 47.7 Å². The highest BCUT2D eigenvalue weighted by Gasteiger charge is 2.14. The Balaban J connectivity index is 1.53. The van der Waals surface area contributed by atoms with Gasteiger partial charge in [0.05, 0.1) is 6.54 Å². The number of hydrogen-bond donors (Lipinski definition) is 2. The molecule has 5 heteroatoms. The second kappa shape index (κ2) is 8.52. The summed E-state index contributed by atoms with van der Waals surface area (Å²) in [5.74, 6) is 0.902. The molecular formula is C19H27N5. The first-order valence-corrected chi connectivity index (χ1v) is 8.86. The van der Waals surface area contributed by atoms with Gasteiger partial charge in [-0.2, -0.15) is 5.10 Å². The second-order valence-corrected chi connectivity index (χ2v) is 6.43. The van der Waals surface area contributed by atoms with Gasteiger partial charge in [0.1, 0.15) is 0 Å². The molecule has 1 aromatic heterocycles. The van der Waals surface area contributed by atoms with E-state index in [1.54, 1.807) is 0 Å². The van der Waals surface area contributed by atoms with E-state index in [9.17, 15) is 0 Å². The number of rotatable bonds is 5. The molecule has 24 heavy (non-hydrogen) atoms. The Morgan fingerprint density at radius 3 is 2.79 bits per heavy atom. The van der Waals surface area contributed by atoms with Gasteiger partial charge < -0.3 is 10.6 Å². The molecule has 2 aromatic rings. The molecule has 0 bridgehead atoms. The minimum Gasteiger partial charge on any atom is -0.354 e. The highest BCUT2D eigenvalue weighted by Crippen LogP contribution is 2.17. The Morgan fingerprint density at radius 1 is 1.21 bits per heavy atom. The van der Waals surface area contributed by atoms with Gasteiger partial charge in [0.15, 0.2) is 5.96 Å². The first-order chi connectivity index (χ1) is 11.8. The number of hydrogen-bond acceptors (Lipinski definition) is 2. The lowest BCUT2D eigenvalue weighted by atomic mass is 9.96. The molecule has 0 aliphatic heterocycles. The molecule has 1 aliphatic rings. The van der Waals surface area contributed by atoms with E-state index in [2.05, 4.69) is 45.0 Å². The zero-order valence-electron chi connectivity index (χ0n) is 14.4. The third kappa shape index (κ3) is 4.85. The van der Waals surface area contributed by atoms with Crippen molar-refractivity contribution in [1.82, 2.24) is 20.4 Å². The SMILES string of the molecule is CN=C(NCc1cccc(Cn2cccn2)c1)NC1CCCCC1. The molecular weight excluding hydrogens is 298 g/mol. The normalized spacial score (nSPS) is 16.1. The van der Waals surface area contributed by atoms with Gasteiger partial charge in [0, 0.05) is 32.0 Å². The molecule has 0 saturated heterocycles. The number of guanidine groups is 1. The summed E-state index contributed by atoms with van der Waals surface area (Å²) >= 11 is 0. The van der Waals surface area contributed by atoms with Crippen LogP contribution in [0.3, 0.4) is 0 Å². The molecule has 1 heterocycles. The molecule has 0 radical (unpaired) electrons. The van der Waals surface area contributed by atoms with Crippen molar-refractivity contribution in [2.75, 3.05) is 7.05 Å². The van der Waals surface area contributed by atoms with Crippen LogP contribution in [0.25, 0.3) is 0 Å². The molecule has 1 fully saturated rings. The molecule has 0 unspecified atom stereocenters. The van der Waals surface area contributed by atoms with Gasteiger partial charge in [0.2, 0.25) is 0 Å². The first kappa shape index (κ1) is 16.6. The van der Waals surface area contributed by atoms with E-state index in [1.807, 2.05) is 30.2 Å². The van der Waals surface area contributed by atoms with Gasteiger partial charge >= 0.3 is 0 Å². The van der Waals surface area contributed by atoms with E-state index < -0.39 is 0 Å². The molecule has 3 rings (SSSR count). The number of aliphatic imine (C=N–C) groups is 1. The summed E-state index contributed by atoms with van der Waals surface area (Å²) in [7, 11) is 1.84. The third-order valence-corrected chi connectivity index (χ3v) is 4.52. The van der Waals surface area contributed by atoms with Crippen LogP contribution >= 0.6 is 0 Å². The maximum Gasteiger partial charge on any atom is 0.191 e. The van der Waals surface area contributed by atoms with Crippen LogP contribution in [0, 0.1) is 0 Å². The molecule has 2 N–H and O–H groups in total. The van der Waals surface area contributed by atoms with Gasteiger partial charge in [0.25, 0.3) is 0 Å². The van der Waals surface area contributed by atoms with Crippen LogP contribution in [0.2, 0.25) is 0 Å². The molecule has 1 aromatic carbocycles. The molecule has 0 spiro atoms. The second-order valence-electron chi connectivity index (χ2n) is 6.43. The lowest BCUT2D eigenvalue weighted by Gasteiger charge is -2.25. The fraction of sp³-hybridized carbons (Fsp3) is 0.474. The van der Waals surface area contributed by atoms with Crippen molar-refractivity contribution in [3.05, 3.63) is 53.9 Å². The third-order valence-electron chi connectivity index (χ3n) is 4.52. The monoisotopic (exact) mass is 325 g/mol. The van der Waals surface area contributed by atoms with E-state index in [0.717, 1.165) is 19.0 Å². The van der Waals surface area contributed by atoms with E-state index in [4.69, 9.17) is 0 Å². The zero-order valence-corrected chi connectivity index (χ0v) is 14.4. The van der Waals surface area contributed by atoms with Crippen LogP contribution in [-0.2, 0) is 13.1 Å². The highest BCUT2D eigenvalue weighted by molar-refractivity contribution is 5.79. The predicted octanol–water partition coefficient (Wildman–Crippen LogP) is 2.93. The smallest absolute Gasteiger partial charge is 0.191 e. The Labute approximate surface area is 144 Å². The first-order valence-electron chi connectivity index (χ1n) is 8.86. The van der Waals surface area contributed by atoms with Crippen LogP contribution in [0.1, 0.15) is 43.2 Å². The van der Waals surface area contributed by atoms with Crippen molar-refractivity contribution in [3.8, 4) is 0 Å². The zero-order chi connectivity index (χ0) is 16.6. The molecule has 1 aliphatic carbocycles. The number of benzene rings is 1. The Morgan fingerprint density at radius 2 is 2.04 bits per heavy atom. The van der Waals surface area contributed by atoms with Crippen LogP contribution in [0.5, 0.6) is 0 Å². The number of nitrogens with one attached hydrogen (secondary N) is 2. The van der Waals surface area contributed by atoms with E-state index in [1.165, 1.54) is 43.2 Å². The Bertz CT molecular complexity index is 642. The van der Waals surface area contributed by atoms with Gasteiger partial charge in [-0.3, -0.25) is 9.67 Å².